The molecule has 10 rings (SSSR count). The standard InChI is InChI=1S/C46H28O/c1-2-11-30-26-32(21-20-29(30)10-1)31-12-9-13-34(27-31)44-37-14-3-5-16-39(37)45(40-17-6-4-15-38(40)44)35-22-24-36-33(28-35)23-25-43-46(36)41-18-7-8-19-42(41)47-43/h1-28H. The van der Waals surface area contributed by atoms with Gasteiger partial charge in [0, 0.05) is 10.8 Å². The van der Waals surface area contributed by atoms with Gasteiger partial charge in [-0.3, -0.25) is 0 Å². The summed E-state index contributed by atoms with van der Waals surface area (Å²) in [7, 11) is 0. The maximum Gasteiger partial charge on any atom is 0.136 e. The average molecular weight is 597 g/mol. The summed E-state index contributed by atoms with van der Waals surface area (Å²) in [5.41, 5.74) is 9.29. The predicted octanol–water partition coefficient (Wildman–Crippen LogP) is 13.2. The van der Waals surface area contributed by atoms with Crippen molar-refractivity contribution in [1.29, 1.82) is 0 Å². The Morgan fingerprint density at radius 1 is 0.277 bits per heavy atom. The molecule has 0 spiro atoms. The first-order valence-electron chi connectivity index (χ1n) is 16.2. The minimum Gasteiger partial charge on any atom is -0.456 e. The van der Waals surface area contributed by atoms with E-state index in [2.05, 4.69) is 158 Å². The third kappa shape index (κ3) is 4.03. The molecule has 218 valence electrons. The maximum atomic E-state index is 6.20. The highest BCUT2D eigenvalue weighted by Crippen LogP contribution is 2.45. The van der Waals surface area contributed by atoms with Crippen LogP contribution in [0.1, 0.15) is 0 Å². The van der Waals surface area contributed by atoms with E-state index in [1.165, 1.54) is 81.9 Å². The van der Waals surface area contributed by atoms with Gasteiger partial charge in [-0.2, -0.15) is 0 Å². The Hall–Kier alpha value is -6.18. The second-order valence-electron chi connectivity index (χ2n) is 12.5. The Kier molecular flexibility index (Phi) is 5.64. The van der Waals surface area contributed by atoms with Crippen LogP contribution in [0.25, 0.3) is 98.4 Å². The van der Waals surface area contributed by atoms with Crippen LogP contribution in [0.3, 0.4) is 0 Å². The Morgan fingerprint density at radius 2 is 0.809 bits per heavy atom. The molecular weight excluding hydrogens is 569 g/mol. The number of fused-ring (bicyclic) bond motifs is 8. The molecule has 10 aromatic rings. The molecule has 0 unspecified atom stereocenters. The van der Waals surface area contributed by atoms with E-state index in [9.17, 15) is 0 Å². The van der Waals surface area contributed by atoms with Crippen LogP contribution in [0, 0.1) is 0 Å². The zero-order valence-corrected chi connectivity index (χ0v) is 25.6. The molecule has 47 heavy (non-hydrogen) atoms. The summed E-state index contributed by atoms with van der Waals surface area (Å²) in [4.78, 5) is 0. The van der Waals surface area contributed by atoms with Crippen molar-refractivity contribution in [3.8, 4) is 33.4 Å². The number of benzene rings is 9. The monoisotopic (exact) mass is 596 g/mol. The highest BCUT2D eigenvalue weighted by Gasteiger charge is 2.18. The molecule has 9 aromatic carbocycles. The summed E-state index contributed by atoms with van der Waals surface area (Å²) in [6, 6.07) is 61.7. The van der Waals surface area contributed by atoms with Crippen LogP contribution < -0.4 is 0 Å². The van der Waals surface area contributed by atoms with Gasteiger partial charge in [-0.15, -0.1) is 0 Å². The second-order valence-corrected chi connectivity index (χ2v) is 12.5. The van der Waals surface area contributed by atoms with E-state index in [1.807, 2.05) is 12.1 Å². The summed E-state index contributed by atoms with van der Waals surface area (Å²) >= 11 is 0. The molecule has 1 heterocycles. The minimum atomic E-state index is 0.927. The predicted molar refractivity (Wildman–Crippen MR) is 200 cm³/mol. The molecule has 1 aromatic heterocycles. The van der Waals surface area contributed by atoms with Crippen LogP contribution >= 0.6 is 0 Å². The molecular formula is C46H28O. The Morgan fingerprint density at radius 3 is 1.55 bits per heavy atom. The van der Waals surface area contributed by atoms with E-state index in [0.29, 0.717) is 0 Å². The van der Waals surface area contributed by atoms with Crippen molar-refractivity contribution in [2.45, 2.75) is 0 Å². The van der Waals surface area contributed by atoms with E-state index < -0.39 is 0 Å². The molecule has 0 aliphatic heterocycles. The first-order valence-corrected chi connectivity index (χ1v) is 16.2. The lowest BCUT2D eigenvalue weighted by atomic mass is 9.85. The number of furan rings is 1. The molecule has 0 fully saturated rings. The summed E-state index contributed by atoms with van der Waals surface area (Å²) in [5.74, 6) is 0. The summed E-state index contributed by atoms with van der Waals surface area (Å²) in [6.07, 6.45) is 0. The lowest BCUT2D eigenvalue weighted by Gasteiger charge is -2.18. The molecule has 0 atom stereocenters. The zero-order valence-electron chi connectivity index (χ0n) is 25.6. The van der Waals surface area contributed by atoms with Gasteiger partial charge in [0.2, 0.25) is 0 Å². The third-order valence-electron chi connectivity index (χ3n) is 9.81. The van der Waals surface area contributed by atoms with Crippen molar-refractivity contribution in [2.75, 3.05) is 0 Å². The van der Waals surface area contributed by atoms with Gasteiger partial charge in [0.05, 0.1) is 0 Å². The van der Waals surface area contributed by atoms with Crippen molar-refractivity contribution in [1.82, 2.24) is 0 Å². The van der Waals surface area contributed by atoms with Gasteiger partial charge < -0.3 is 4.42 Å². The number of hydrogen-bond donors (Lipinski definition) is 0. The first kappa shape index (κ1) is 26.1. The summed E-state index contributed by atoms with van der Waals surface area (Å²) in [5, 5.41) is 12.3. The van der Waals surface area contributed by atoms with Gasteiger partial charge >= 0.3 is 0 Å². The van der Waals surface area contributed by atoms with Crippen molar-refractivity contribution in [3.05, 3.63) is 170 Å². The maximum absolute atomic E-state index is 6.20. The van der Waals surface area contributed by atoms with E-state index >= 15 is 0 Å². The van der Waals surface area contributed by atoms with E-state index in [0.717, 1.165) is 16.6 Å². The van der Waals surface area contributed by atoms with E-state index in [-0.39, 0.29) is 0 Å². The largest absolute Gasteiger partial charge is 0.456 e. The van der Waals surface area contributed by atoms with Crippen molar-refractivity contribution < 1.29 is 4.42 Å². The van der Waals surface area contributed by atoms with Crippen LogP contribution in [0.5, 0.6) is 0 Å². The van der Waals surface area contributed by atoms with Crippen LogP contribution in [-0.2, 0) is 0 Å². The number of para-hydroxylation sites is 1. The molecule has 0 radical (unpaired) electrons. The van der Waals surface area contributed by atoms with Crippen molar-refractivity contribution >= 4 is 65.0 Å². The minimum absolute atomic E-state index is 0.927. The van der Waals surface area contributed by atoms with Crippen molar-refractivity contribution in [3.63, 3.8) is 0 Å². The zero-order chi connectivity index (χ0) is 30.9. The molecule has 0 N–H and O–H groups in total. The highest BCUT2D eigenvalue weighted by atomic mass is 16.3. The topological polar surface area (TPSA) is 13.1 Å². The smallest absolute Gasteiger partial charge is 0.136 e. The molecule has 0 saturated carbocycles. The third-order valence-corrected chi connectivity index (χ3v) is 9.81. The van der Waals surface area contributed by atoms with Gasteiger partial charge in [-0.1, -0.05) is 140 Å². The quantitative estimate of drug-likeness (QED) is 0.185. The first-order chi connectivity index (χ1) is 23.3. The Balaban J connectivity index is 1.20. The lowest BCUT2D eigenvalue weighted by Crippen LogP contribution is -1.91. The van der Waals surface area contributed by atoms with Gasteiger partial charge in [0.1, 0.15) is 11.2 Å². The molecule has 0 aliphatic carbocycles. The fourth-order valence-electron chi connectivity index (χ4n) is 7.68. The highest BCUT2D eigenvalue weighted by molar-refractivity contribution is 6.23. The van der Waals surface area contributed by atoms with Gasteiger partial charge in [-0.25, -0.2) is 0 Å². The normalized spacial score (nSPS) is 11.8. The number of hydrogen-bond acceptors (Lipinski definition) is 1. The Labute approximate surface area is 271 Å². The van der Waals surface area contributed by atoms with Crippen molar-refractivity contribution in [2.24, 2.45) is 0 Å². The summed E-state index contributed by atoms with van der Waals surface area (Å²) < 4.78 is 6.20. The molecule has 1 nitrogen and oxygen atoms in total. The van der Waals surface area contributed by atoms with Crippen LogP contribution in [0.15, 0.2) is 174 Å². The van der Waals surface area contributed by atoms with Gasteiger partial charge in [0.25, 0.3) is 0 Å². The van der Waals surface area contributed by atoms with E-state index in [1.54, 1.807) is 0 Å². The lowest BCUT2D eigenvalue weighted by molar-refractivity contribution is 0.669. The number of rotatable bonds is 3. The Bertz CT molecular complexity index is 2800. The molecule has 1 heteroatoms. The fraction of sp³-hybridized carbons (Fsp3) is 0. The second kappa shape index (κ2) is 10.2. The molecule has 0 aliphatic rings. The van der Waals surface area contributed by atoms with Gasteiger partial charge in [-0.05, 0) is 107 Å². The molecule has 0 amide bonds. The fourth-order valence-corrected chi connectivity index (χ4v) is 7.68. The average Bonchev–Trinajstić information content (AvgIpc) is 3.53. The SMILES string of the molecule is c1cc(-c2ccc3ccccc3c2)cc(-c2c3ccccc3c(-c3ccc4c(ccc5oc6ccccc6c54)c3)c3ccccc23)c1. The molecule has 0 bridgehead atoms. The van der Waals surface area contributed by atoms with Crippen LogP contribution in [0.4, 0.5) is 0 Å². The van der Waals surface area contributed by atoms with E-state index in [4.69, 9.17) is 4.42 Å². The van der Waals surface area contributed by atoms with Gasteiger partial charge in [0.15, 0.2) is 0 Å². The van der Waals surface area contributed by atoms with Crippen LogP contribution in [-0.4, -0.2) is 0 Å². The van der Waals surface area contributed by atoms with Crippen LogP contribution in [0.2, 0.25) is 0 Å². The molecule has 0 saturated heterocycles. The summed E-state index contributed by atoms with van der Waals surface area (Å²) in [6.45, 7) is 0.